The van der Waals surface area contributed by atoms with Gasteiger partial charge in [0.2, 0.25) is 0 Å². The van der Waals surface area contributed by atoms with Crippen molar-refractivity contribution in [3.63, 3.8) is 0 Å². The van der Waals surface area contributed by atoms with Crippen LogP contribution in [0.1, 0.15) is 36.1 Å². The first-order valence-electron chi connectivity index (χ1n) is 4.66. The molecule has 1 aromatic heterocycles. The zero-order valence-corrected chi connectivity index (χ0v) is 8.74. The molecule has 76 valence electrons. The zero-order valence-electron chi connectivity index (χ0n) is 8.74. The summed E-state index contributed by atoms with van der Waals surface area (Å²) in [6.45, 7) is 5.85. The van der Waals surface area contributed by atoms with Gasteiger partial charge in [0, 0.05) is 11.9 Å². The van der Waals surface area contributed by atoms with Gasteiger partial charge in [-0.15, -0.1) is 0 Å². The molecule has 0 aromatic carbocycles. The molecule has 0 bridgehead atoms. The molecule has 0 aliphatic heterocycles. The Morgan fingerprint density at radius 1 is 1.57 bits per heavy atom. The fourth-order valence-corrected chi connectivity index (χ4v) is 1.57. The second-order valence-electron chi connectivity index (χ2n) is 3.61. The van der Waals surface area contributed by atoms with Crippen LogP contribution < -0.4 is 0 Å². The van der Waals surface area contributed by atoms with Gasteiger partial charge >= 0.3 is 5.97 Å². The molecule has 1 heterocycles. The minimum Gasteiger partial charge on any atom is -0.481 e. The van der Waals surface area contributed by atoms with Gasteiger partial charge in [0.15, 0.2) is 0 Å². The van der Waals surface area contributed by atoms with Crippen LogP contribution in [0.25, 0.3) is 0 Å². The van der Waals surface area contributed by atoms with Gasteiger partial charge in [0.25, 0.3) is 0 Å². The highest BCUT2D eigenvalue weighted by molar-refractivity contribution is 5.68. The van der Waals surface area contributed by atoms with Gasteiger partial charge in [-0.05, 0) is 37.0 Å². The van der Waals surface area contributed by atoms with E-state index in [1.165, 1.54) is 0 Å². The number of aryl methyl sites for hydroxylation is 1. The van der Waals surface area contributed by atoms with Gasteiger partial charge in [-0.1, -0.05) is 6.92 Å². The number of hydrogen-bond donors (Lipinski definition) is 1. The van der Waals surface area contributed by atoms with E-state index in [1.807, 2.05) is 26.8 Å². The first-order valence-corrected chi connectivity index (χ1v) is 4.66. The van der Waals surface area contributed by atoms with Crippen LogP contribution >= 0.6 is 0 Å². The number of carbonyl (C=O) groups is 1. The second kappa shape index (κ2) is 4.22. The molecule has 3 nitrogen and oxygen atoms in total. The standard InChI is InChI=1S/C11H15NO2/c1-7(6-11(13)14)10-4-5-12-9(3)8(10)2/h4-5,7H,6H2,1-3H3,(H,13,14). The van der Waals surface area contributed by atoms with Gasteiger partial charge < -0.3 is 5.11 Å². The van der Waals surface area contributed by atoms with E-state index in [1.54, 1.807) is 6.20 Å². The largest absolute Gasteiger partial charge is 0.481 e. The van der Waals surface area contributed by atoms with E-state index in [0.29, 0.717) is 0 Å². The summed E-state index contributed by atoms with van der Waals surface area (Å²) in [5, 5.41) is 8.69. The molecule has 0 amide bonds. The Morgan fingerprint density at radius 2 is 2.21 bits per heavy atom. The van der Waals surface area contributed by atoms with Crippen LogP contribution in [-0.2, 0) is 4.79 Å². The lowest BCUT2D eigenvalue weighted by Crippen LogP contribution is -2.05. The van der Waals surface area contributed by atoms with E-state index in [4.69, 9.17) is 5.11 Å². The monoisotopic (exact) mass is 193 g/mol. The van der Waals surface area contributed by atoms with Crippen molar-refractivity contribution in [3.8, 4) is 0 Å². The molecule has 1 N–H and O–H groups in total. The molecule has 0 radical (unpaired) electrons. The fourth-order valence-electron chi connectivity index (χ4n) is 1.57. The molecule has 3 heteroatoms. The quantitative estimate of drug-likeness (QED) is 0.801. The topological polar surface area (TPSA) is 50.2 Å². The van der Waals surface area contributed by atoms with Crippen LogP contribution in [0.4, 0.5) is 0 Å². The normalized spacial score (nSPS) is 12.5. The number of carboxylic acids is 1. The number of hydrogen-bond acceptors (Lipinski definition) is 2. The Morgan fingerprint density at radius 3 is 2.79 bits per heavy atom. The molecule has 0 saturated carbocycles. The van der Waals surface area contributed by atoms with Crippen LogP contribution in [-0.4, -0.2) is 16.1 Å². The van der Waals surface area contributed by atoms with Crippen molar-refractivity contribution < 1.29 is 9.90 Å². The van der Waals surface area contributed by atoms with Gasteiger partial charge in [0.05, 0.1) is 6.42 Å². The molecule has 1 rings (SSSR count). The summed E-state index contributed by atoms with van der Waals surface area (Å²) in [6.07, 6.45) is 1.90. The first-order chi connectivity index (χ1) is 6.52. The van der Waals surface area contributed by atoms with Gasteiger partial charge in [-0.3, -0.25) is 9.78 Å². The van der Waals surface area contributed by atoms with Crippen molar-refractivity contribution in [2.45, 2.75) is 33.1 Å². The van der Waals surface area contributed by atoms with E-state index < -0.39 is 5.97 Å². The van der Waals surface area contributed by atoms with Crippen molar-refractivity contribution in [1.82, 2.24) is 4.98 Å². The number of aromatic nitrogens is 1. The van der Waals surface area contributed by atoms with E-state index in [2.05, 4.69) is 4.98 Å². The molecule has 0 aliphatic rings. The molecule has 0 saturated heterocycles. The lowest BCUT2D eigenvalue weighted by molar-refractivity contribution is -0.137. The highest BCUT2D eigenvalue weighted by Crippen LogP contribution is 2.23. The van der Waals surface area contributed by atoms with E-state index in [-0.39, 0.29) is 12.3 Å². The van der Waals surface area contributed by atoms with E-state index in [9.17, 15) is 4.79 Å². The SMILES string of the molecule is Cc1nccc(C(C)CC(=O)O)c1C. The molecular weight excluding hydrogens is 178 g/mol. The summed E-state index contributed by atoms with van der Waals surface area (Å²) in [4.78, 5) is 14.7. The predicted octanol–water partition coefficient (Wildman–Crippen LogP) is 2.28. The summed E-state index contributed by atoms with van der Waals surface area (Å²) < 4.78 is 0. The average Bonchev–Trinajstić information content (AvgIpc) is 2.08. The number of rotatable bonds is 3. The van der Waals surface area contributed by atoms with Crippen LogP contribution in [0.2, 0.25) is 0 Å². The Balaban J connectivity index is 2.95. The van der Waals surface area contributed by atoms with Crippen molar-refractivity contribution >= 4 is 5.97 Å². The zero-order chi connectivity index (χ0) is 10.7. The summed E-state index contributed by atoms with van der Waals surface area (Å²) >= 11 is 0. The number of pyridine rings is 1. The third kappa shape index (κ3) is 2.31. The van der Waals surface area contributed by atoms with Gasteiger partial charge in [-0.2, -0.15) is 0 Å². The molecule has 1 aromatic rings. The van der Waals surface area contributed by atoms with Crippen LogP contribution in [0, 0.1) is 13.8 Å². The van der Waals surface area contributed by atoms with Crippen LogP contribution in [0.15, 0.2) is 12.3 Å². The molecule has 0 spiro atoms. The maximum absolute atomic E-state index is 10.6. The minimum atomic E-state index is -0.758. The Kier molecular flexibility index (Phi) is 3.23. The van der Waals surface area contributed by atoms with Crippen molar-refractivity contribution in [2.24, 2.45) is 0 Å². The van der Waals surface area contributed by atoms with Crippen molar-refractivity contribution in [2.75, 3.05) is 0 Å². The summed E-state index contributed by atoms with van der Waals surface area (Å²) in [6, 6.07) is 1.90. The third-order valence-electron chi connectivity index (χ3n) is 2.51. The molecule has 0 aliphatic carbocycles. The smallest absolute Gasteiger partial charge is 0.303 e. The minimum absolute atomic E-state index is 0.0502. The molecular formula is C11H15NO2. The fraction of sp³-hybridized carbons (Fsp3) is 0.455. The third-order valence-corrected chi connectivity index (χ3v) is 2.51. The predicted molar refractivity (Wildman–Crippen MR) is 54.4 cm³/mol. The van der Waals surface area contributed by atoms with E-state index >= 15 is 0 Å². The van der Waals surface area contributed by atoms with Crippen molar-refractivity contribution in [1.29, 1.82) is 0 Å². The molecule has 14 heavy (non-hydrogen) atoms. The van der Waals surface area contributed by atoms with Crippen LogP contribution in [0.5, 0.6) is 0 Å². The average molecular weight is 193 g/mol. The van der Waals surface area contributed by atoms with Gasteiger partial charge in [-0.25, -0.2) is 0 Å². The first kappa shape index (κ1) is 10.7. The number of aliphatic carboxylic acids is 1. The van der Waals surface area contributed by atoms with Crippen LogP contribution in [0.3, 0.4) is 0 Å². The Labute approximate surface area is 83.8 Å². The van der Waals surface area contributed by atoms with Crippen molar-refractivity contribution in [3.05, 3.63) is 29.1 Å². The lowest BCUT2D eigenvalue weighted by atomic mass is 9.94. The highest BCUT2D eigenvalue weighted by Gasteiger charge is 2.13. The van der Waals surface area contributed by atoms with E-state index in [0.717, 1.165) is 16.8 Å². The molecule has 0 fully saturated rings. The Bertz CT molecular complexity index is 347. The molecule has 1 atom stereocenters. The highest BCUT2D eigenvalue weighted by atomic mass is 16.4. The Hall–Kier alpha value is -1.38. The number of carboxylic acid groups (broad SMARTS) is 1. The summed E-state index contributed by atoms with van der Waals surface area (Å²) in [5.74, 6) is -0.708. The van der Waals surface area contributed by atoms with Gasteiger partial charge in [0.1, 0.15) is 0 Å². The maximum Gasteiger partial charge on any atom is 0.303 e. The summed E-state index contributed by atoms with van der Waals surface area (Å²) in [7, 11) is 0. The second-order valence-corrected chi connectivity index (χ2v) is 3.61. The lowest BCUT2D eigenvalue weighted by Gasteiger charge is -2.13. The maximum atomic E-state index is 10.6. The summed E-state index contributed by atoms with van der Waals surface area (Å²) in [5.41, 5.74) is 3.15. The number of nitrogens with zero attached hydrogens (tertiary/aromatic N) is 1. The molecule has 1 unspecified atom stereocenters.